The first kappa shape index (κ1) is 34.3. The smallest absolute Gasteiger partial charge is 0.287 e. The number of likely N-dealkylation sites (tertiary alicyclic amines) is 2. The SMILES string of the molecule is CNC(=O)C(=O)CC[C@H](NC(=O)C(C)C1CCN(C)CC1)C(=O)Nc1cccn(CC(=O)NC2C3CCCC(C3)CN2C)c1=O. The van der Waals surface area contributed by atoms with Crippen molar-refractivity contribution in [1.82, 2.24) is 30.3 Å². The van der Waals surface area contributed by atoms with E-state index in [4.69, 9.17) is 0 Å². The molecule has 13 nitrogen and oxygen atoms in total. The van der Waals surface area contributed by atoms with Crippen LogP contribution in [0.2, 0.25) is 0 Å². The summed E-state index contributed by atoms with van der Waals surface area (Å²) < 4.78 is 1.24. The third-order valence-corrected chi connectivity index (χ3v) is 9.85. The first-order valence-electron chi connectivity index (χ1n) is 16.2. The fraction of sp³-hybridized carbons (Fsp3) is 0.688. The van der Waals surface area contributed by atoms with Gasteiger partial charge < -0.3 is 30.7 Å². The molecule has 2 aliphatic heterocycles. The quantitative estimate of drug-likeness (QED) is 0.244. The molecule has 1 aromatic heterocycles. The van der Waals surface area contributed by atoms with Gasteiger partial charge in [-0.3, -0.25) is 33.7 Å². The number of piperidine rings is 2. The van der Waals surface area contributed by atoms with Gasteiger partial charge in [0.15, 0.2) is 0 Å². The van der Waals surface area contributed by atoms with Crippen LogP contribution in [0.5, 0.6) is 0 Å². The van der Waals surface area contributed by atoms with Gasteiger partial charge in [0.05, 0.1) is 6.17 Å². The average molecular weight is 628 g/mol. The highest BCUT2D eigenvalue weighted by Crippen LogP contribution is 2.36. The maximum absolute atomic E-state index is 13.5. The van der Waals surface area contributed by atoms with Gasteiger partial charge in [-0.1, -0.05) is 13.3 Å². The zero-order chi connectivity index (χ0) is 32.7. The molecule has 13 heteroatoms. The first-order chi connectivity index (χ1) is 21.5. The van der Waals surface area contributed by atoms with Crippen LogP contribution in [-0.4, -0.2) is 96.8 Å². The molecule has 3 heterocycles. The maximum atomic E-state index is 13.5. The minimum atomic E-state index is -1.16. The van der Waals surface area contributed by atoms with Crippen molar-refractivity contribution in [1.29, 1.82) is 0 Å². The van der Waals surface area contributed by atoms with E-state index in [0.29, 0.717) is 11.8 Å². The number of pyridine rings is 1. The van der Waals surface area contributed by atoms with Crippen molar-refractivity contribution in [3.05, 3.63) is 28.7 Å². The summed E-state index contributed by atoms with van der Waals surface area (Å²) >= 11 is 0. The van der Waals surface area contributed by atoms with Gasteiger partial charge in [0, 0.05) is 32.1 Å². The zero-order valence-electron chi connectivity index (χ0n) is 27.0. The second-order valence-electron chi connectivity index (χ2n) is 13.1. The van der Waals surface area contributed by atoms with Crippen molar-refractivity contribution in [3.63, 3.8) is 0 Å². The van der Waals surface area contributed by atoms with E-state index in [1.54, 1.807) is 6.07 Å². The van der Waals surface area contributed by atoms with Crippen LogP contribution < -0.4 is 26.8 Å². The topological polar surface area (TPSA) is 162 Å². The Balaban J connectivity index is 1.42. The largest absolute Gasteiger partial charge is 0.353 e. The van der Waals surface area contributed by atoms with Crippen LogP contribution in [-0.2, 0) is 30.5 Å². The number of hydrogen-bond donors (Lipinski definition) is 4. The molecule has 3 aliphatic rings. The van der Waals surface area contributed by atoms with Crippen LogP contribution in [0.3, 0.4) is 0 Å². The van der Waals surface area contributed by atoms with Gasteiger partial charge >= 0.3 is 0 Å². The van der Waals surface area contributed by atoms with Gasteiger partial charge in [0.1, 0.15) is 18.3 Å². The second-order valence-corrected chi connectivity index (χ2v) is 13.1. The molecule has 5 atom stereocenters. The number of anilines is 1. The van der Waals surface area contributed by atoms with E-state index < -0.39 is 29.2 Å². The highest BCUT2D eigenvalue weighted by Gasteiger charge is 2.37. The summed E-state index contributed by atoms with van der Waals surface area (Å²) in [5.41, 5.74) is -0.623. The van der Waals surface area contributed by atoms with Crippen LogP contribution in [0, 0.1) is 23.7 Å². The number of Topliss-reactive ketones (excluding diaryl/α,β-unsaturated/α-hetero) is 1. The lowest BCUT2D eigenvalue weighted by atomic mass is 9.76. The number of hydrogen-bond acceptors (Lipinski definition) is 8. The molecule has 1 aliphatic carbocycles. The summed E-state index contributed by atoms with van der Waals surface area (Å²) in [6.45, 7) is 4.31. The predicted molar refractivity (Wildman–Crippen MR) is 169 cm³/mol. The van der Waals surface area contributed by atoms with Crippen LogP contribution in [0.1, 0.15) is 58.3 Å². The van der Waals surface area contributed by atoms with Gasteiger partial charge in [-0.15, -0.1) is 0 Å². The molecular weight excluding hydrogens is 578 g/mol. The van der Waals surface area contributed by atoms with E-state index in [0.717, 1.165) is 51.7 Å². The number of nitrogens with zero attached hydrogens (tertiary/aromatic N) is 3. The maximum Gasteiger partial charge on any atom is 0.287 e. The molecule has 1 aromatic rings. The Hall–Kier alpha value is -3.58. The number of fused-ring (bicyclic) bond motifs is 2. The molecule has 4 rings (SSSR count). The summed E-state index contributed by atoms with van der Waals surface area (Å²) in [7, 11) is 5.40. The first-order valence-corrected chi connectivity index (χ1v) is 16.2. The van der Waals surface area contributed by atoms with E-state index >= 15 is 0 Å². The van der Waals surface area contributed by atoms with Gasteiger partial charge in [-0.25, -0.2) is 0 Å². The van der Waals surface area contributed by atoms with Gasteiger partial charge in [-0.05, 0) is 95.6 Å². The minimum Gasteiger partial charge on any atom is -0.353 e. The Bertz CT molecular complexity index is 1300. The van der Waals surface area contributed by atoms with E-state index in [2.05, 4.69) is 31.1 Å². The second kappa shape index (κ2) is 15.6. The molecule has 0 spiro atoms. The highest BCUT2D eigenvalue weighted by molar-refractivity contribution is 6.36. The molecule has 0 aromatic carbocycles. The zero-order valence-corrected chi connectivity index (χ0v) is 27.0. The van der Waals surface area contributed by atoms with Crippen molar-refractivity contribution in [2.24, 2.45) is 23.7 Å². The van der Waals surface area contributed by atoms with Gasteiger partial charge in [0.2, 0.25) is 23.5 Å². The van der Waals surface area contributed by atoms with Crippen molar-refractivity contribution in [2.75, 3.05) is 46.1 Å². The Labute approximate surface area is 264 Å². The number of likely N-dealkylation sites (N-methyl/N-ethyl adjacent to an activating group) is 1. The third kappa shape index (κ3) is 9.00. The number of carbonyl (C=O) groups is 5. The van der Waals surface area contributed by atoms with E-state index in [-0.39, 0.29) is 54.9 Å². The molecule has 45 heavy (non-hydrogen) atoms. The Morgan fingerprint density at radius 2 is 1.76 bits per heavy atom. The summed E-state index contributed by atoms with van der Waals surface area (Å²) in [4.78, 5) is 81.4. The Morgan fingerprint density at radius 1 is 1.02 bits per heavy atom. The standard InChI is InChI=1S/C32H49N7O6/c1-20(22-12-15-37(3)16-13-22)29(42)34-24(10-11-26(40)31(44)33-2)30(43)35-25-9-6-14-39(32(25)45)19-27(41)36-28-23-8-5-7-21(17-23)18-38(28)4/h6,9,14,20-24,28H,5,7-8,10-13,15-19H2,1-4H3,(H,33,44)(H,34,42)(H,35,43)(H,36,41)/t20?,21?,23?,24-,28?/m0/s1. The monoisotopic (exact) mass is 627 g/mol. The van der Waals surface area contributed by atoms with E-state index in [1.165, 1.54) is 30.3 Å². The van der Waals surface area contributed by atoms with Crippen LogP contribution in [0.25, 0.3) is 0 Å². The third-order valence-electron chi connectivity index (χ3n) is 9.85. The average Bonchev–Trinajstić information content (AvgIpc) is 3.02. The number of amides is 4. The van der Waals surface area contributed by atoms with Gasteiger partial charge in [-0.2, -0.15) is 0 Å². The number of aromatic nitrogens is 1. The molecule has 248 valence electrons. The Morgan fingerprint density at radius 3 is 2.47 bits per heavy atom. The summed E-state index contributed by atoms with van der Waals surface area (Å²) in [5, 5.41) is 10.7. The fourth-order valence-electron chi connectivity index (χ4n) is 7.08. The van der Waals surface area contributed by atoms with Crippen molar-refractivity contribution < 1.29 is 24.0 Å². The Kier molecular flexibility index (Phi) is 11.9. The number of nitrogens with one attached hydrogen (secondary N) is 4. The van der Waals surface area contributed by atoms with Gasteiger partial charge in [0.25, 0.3) is 11.5 Å². The molecular formula is C32H49N7O6. The fourth-order valence-corrected chi connectivity index (χ4v) is 7.08. The summed E-state index contributed by atoms with van der Waals surface area (Å²) in [6.07, 6.45) is 7.28. The van der Waals surface area contributed by atoms with Crippen LogP contribution >= 0.6 is 0 Å². The van der Waals surface area contributed by atoms with Crippen molar-refractivity contribution in [2.45, 2.75) is 77.0 Å². The normalized spacial score (nSPS) is 23.8. The lowest BCUT2D eigenvalue weighted by molar-refractivity contribution is -0.138. The van der Waals surface area contributed by atoms with Crippen molar-refractivity contribution in [3.8, 4) is 0 Å². The molecule has 4 amide bonds. The number of rotatable bonds is 12. The molecule has 0 radical (unpaired) electrons. The lowest BCUT2D eigenvalue weighted by Crippen LogP contribution is -2.57. The molecule has 2 saturated heterocycles. The predicted octanol–water partition coefficient (Wildman–Crippen LogP) is 0.539. The number of carbonyl (C=O) groups excluding carboxylic acids is 5. The summed E-state index contributed by atoms with van der Waals surface area (Å²) in [5.74, 6) is -1.95. The molecule has 2 bridgehead atoms. The lowest BCUT2D eigenvalue weighted by Gasteiger charge is -2.46. The highest BCUT2D eigenvalue weighted by atomic mass is 16.2. The molecule has 4 N–H and O–H groups in total. The number of ketones is 1. The van der Waals surface area contributed by atoms with Crippen LogP contribution in [0.15, 0.2) is 23.1 Å². The van der Waals surface area contributed by atoms with E-state index in [1.807, 2.05) is 21.0 Å². The van der Waals surface area contributed by atoms with Crippen LogP contribution in [0.4, 0.5) is 5.69 Å². The van der Waals surface area contributed by atoms with Crippen molar-refractivity contribution >= 4 is 35.1 Å². The minimum absolute atomic E-state index is 0.0551. The molecule has 3 fully saturated rings. The molecule has 4 unspecified atom stereocenters. The molecule has 1 saturated carbocycles. The summed E-state index contributed by atoms with van der Waals surface area (Å²) in [6, 6.07) is 1.84. The van der Waals surface area contributed by atoms with E-state index in [9.17, 15) is 28.8 Å².